The molecule has 0 heterocycles. The lowest BCUT2D eigenvalue weighted by Crippen LogP contribution is -2.20. The highest BCUT2D eigenvalue weighted by Gasteiger charge is 1.95. The van der Waals surface area contributed by atoms with Gasteiger partial charge in [-0.25, -0.2) is 0 Å². The fraction of sp³-hybridized carbons (Fsp3) is 1.00. The molecule has 0 amide bonds. The van der Waals surface area contributed by atoms with Gasteiger partial charge in [-0.2, -0.15) is 0 Å². The summed E-state index contributed by atoms with van der Waals surface area (Å²) in [7, 11) is 1.96. The van der Waals surface area contributed by atoms with Gasteiger partial charge in [0.25, 0.3) is 0 Å². The van der Waals surface area contributed by atoms with Gasteiger partial charge in [0.1, 0.15) is 0 Å². The van der Waals surface area contributed by atoms with Crippen molar-refractivity contribution in [2.24, 2.45) is 0 Å². The number of hydrogen-bond acceptors (Lipinski definition) is 2. The second-order valence-corrected chi connectivity index (χ2v) is 4.20. The molecule has 0 aliphatic heterocycles. The molecule has 0 aliphatic carbocycles. The first-order valence-electron chi connectivity index (χ1n) is 6.10. The van der Waals surface area contributed by atoms with Crippen LogP contribution in [0.25, 0.3) is 0 Å². The van der Waals surface area contributed by atoms with Crippen LogP contribution in [0.2, 0.25) is 0 Å². The molecule has 0 bridgehead atoms. The highest BCUT2D eigenvalue weighted by atomic mass is 16.3. The second kappa shape index (κ2) is 11.0. The zero-order valence-corrected chi connectivity index (χ0v) is 9.97. The Bertz CT molecular complexity index is 106. The summed E-state index contributed by atoms with van der Waals surface area (Å²) in [6.07, 6.45) is 10.8. The molecule has 0 fully saturated rings. The third-order valence-corrected chi connectivity index (χ3v) is 2.63. The first-order valence-corrected chi connectivity index (χ1v) is 6.10. The molecule has 0 aliphatic rings. The number of aliphatic hydroxyl groups excluding tert-OH is 1. The standard InChI is InChI=1S/C12H27NO/c1-3-4-5-6-7-8-9-10-11-13(2)12-14/h14H,3-12H2,1-2H3. The fourth-order valence-electron chi connectivity index (χ4n) is 1.59. The average Bonchev–Trinajstić information content (AvgIpc) is 2.21. The summed E-state index contributed by atoms with van der Waals surface area (Å²) in [5, 5.41) is 8.76. The Hall–Kier alpha value is -0.0800. The van der Waals surface area contributed by atoms with E-state index in [0.717, 1.165) is 6.54 Å². The molecule has 2 heteroatoms. The van der Waals surface area contributed by atoms with Gasteiger partial charge in [0, 0.05) is 0 Å². The van der Waals surface area contributed by atoms with E-state index in [9.17, 15) is 0 Å². The summed E-state index contributed by atoms with van der Waals surface area (Å²) in [6, 6.07) is 0. The molecular weight excluding hydrogens is 174 g/mol. The number of nitrogens with zero attached hydrogens (tertiary/aromatic N) is 1. The van der Waals surface area contributed by atoms with Gasteiger partial charge in [0.2, 0.25) is 0 Å². The molecule has 2 nitrogen and oxygen atoms in total. The van der Waals surface area contributed by atoms with Gasteiger partial charge in [0.15, 0.2) is 0 Å². The van der Waals surface area contributed by atoms with Crippen molar-refractivity contribution in [3.63, 3.8) is 0 Å². The normalized spacial score (nSPS) is 11.1. The van der Waals surface area contributed by atoms with Gasteiger partial charge in [-0.1, -0.05) is 51.9 Å². The van der Waals surface area contributed by atoms with E-state index in [-0.39, 0.29) is 6.73 Å². The summed E-state index contributed by atoms with van der Waals surface area (Å²) in [4.78, 5) is 1.96. The number of unbranched alkanes of at least 4 members (excludes halogenated alkanes) is 7. The van der Waals surface area contributed by atoms with Crippen molar-refractivity contribution in [2.45, 2.75) is 58.3 Å². The first-order chi connectivity index (χ1) is 6.81. The van der Waals surface area contributed by atoms with Crippen molar-refractivity contribution in [3.8, 4) is 0 Å². The van der Waals surface area contributed by atoms with Crippen LogP contribution in [-0.4, -0.2) is 30.3 Å². The molecule has 86 valence electrons. The third kappa shape index (κ3) is 10.0. The molecule has 1 N–H and O–H groups in total. The smallest absolute Gasteiger partial charge is 0.0954 e. The van der Waals surface area contributed by atoms with Crippen molar-refractivity contribution >= 4 is 0 Å². The Morgan fingerprint density at radius 3 is 1.86 bits per heavy atom. The minimum Gasteiger partial charge on any atom is -0.381 e. The predicted molar refractivity (Wildman–Crippen MR) is 62.3 cm³/mol. The zero-order valence-electron chi connectivity index (χ0n) is 9.97. The molecule has 0 aromatic heterocycles. The molecular formula is C12H27NO. The van der Waals surface area contributed by atoms with Crippen LogP contribution in [0, 0.1) is 0 Å². The number of hydrogen-bond donors (Lipinski definition) is 1. The molecule has 0 saturated carbocycles. The molecule has 0 unspecified atom stereocenters. The summed E-state index contributed by atoms with van der Waals surface area (Å²) in [6.45, 7) is 3.48. The van der Waals surface area contributed by atoms with Crippen LogP contribution in [0.4, 0.5) is 0 Å². The number of rotatable bonds is 10. The van der Waals surface area contributed by atoms with Crippen molar-refractivity contribution in [2.75, 3.05) is 20.3 Å². The molecule has 0 rings (SSSR count). The van der Waals surface area contributed by atoms with Crippen LogP contribution in [0.3, 0.4) is 0 Å². The fourth-order valence-corrected chi connectivity index (χ4v) is 1.59. The van der Waals surface area contributed by atoms with E-state index in [0.29, 0.717) is 0 Å². The van der Waals surface area contributed by atoms with Crippen molar-refractivity contribution < 1.29 is 5.11 Å². The second-order valence-electron chi connectivity index (χ2n) is 4.20. The largest absolute Gasteiger partial charge is 0.381 e. The lowest BCUT2D eigenvalue weighted by atomic mass is 10.1. The zero-order chi connectivity index (χ0) is 10.6. The van der Waals surface area contributed by atoms with Crippen LogP contribution in [-0.2, 0) is 0 Å². The van der Waals surface area contributed by atoms with Crippen molar-refractivity contribution in [3.05, 3.63) is 0 Å². The van der Waals surface area contributed by atoms with Crippen LogP contribution in [0.1, 0.15) is 58.3 Å². The van der Waals surface area contributed by atoms with Crippen LogP contribution in [0.5, 0.6) is 0 Å². The molecule has 14 heavy (non-hydrogen) atoms. The minimum absolute atomic E-state index is 0.191. The van der Waals surface area contributed by atoms with E-state index >= 15 is 0 Å². The lowest BCUT2D eigenvalue weighted by Gasteiger charge is -2.11. The van der Waals surface area contributed by atoms with E-state index in [1.165, 1.54) is 51.4 Å². The summed E-state index contributed by atoms with van der Waals surface area (Å²) in [5.41, 5.74) is 0. The van der Waals surface area contributed by atoms with E-state index < -0.39 is 0 Å². The Labute approximate surface area is 89.3 Å². The Morgan fingerprint density at radius 2 is 1.36 bits per heavy atom. The quantitative estimate of drug-likeness (QED) is 0.434. The van der Waals surface area contributed by atoms with Gasteiger partial charge >= 0.3 is 0 Å². The lowest BCUT2D eigenvalue weighted by molar-refractivity contribution is 0.131. The monoisotopic (exact) mass is 201 g/mol. The maximum absolute atomic E-state index is 8.76. The van der Waals surface area contributed by atoms with Gasteiger partial charge < -0.3 is 5.11 Å². The molecule has 0 saturated heterocycles. The van der Waals surface area contributed by atoms with Crippen LogP contribution >= 0.6 is 0 Å². The SMILES string of the molecule is CCCCCCCCCCN(C)CO. The molecule has 0 aromatic carbocycles. The van der Waals surface area contributed by atoms with E-state index in [4.69, 9.17) is 5.11 Å². The topological polar surface area (TPSA) is 23.5 Å². The Kier molecular flexibility index (Phi) is 10.9. The molecule has 0 aromatic rings. The van der Waals surface area contributed by atoms with Gasteiger partial charge in [0.05, 0.1) is 6.73 Å². The minimum atomic E-state index is 0.191. The van der Waals surface area contributed by atoms with Crippen molar-refractivity contribution in [1.29, 1.82) is 0 Å². The highest BCUT2D eigenvalue weighted by Crippen LogP contribution is 2.08. The van der Waals surface area contributed by atoms with Crippen LogP contribution in [0.15, 0.2) is 0 Å². The van der Waals surface area contributed by atoms with Gasteiger partial charge in [-0.15, -0.1) is 0 Å². The maximum atomic E-state index is 8.76. The molecule has 0 radical (unpaired) electrons. The summed E-state index contributed by atoms with van der Waals surface area (Å²) >= 11 is 0. The summed E-state index contributed by atoms with van der Waals surface area (Å²) < 4.78 is 0. The van der Waals surface area contributed by atoms with Crippen molar-refractivity contribution in [1.82, 2.24) is 4.90 Å². The van der Waals surface area contributed by atoms with E-state index in [1.807, 2.05) is 11.9 Å². The van der Waals surface area contributed by atoms with E-state index in [2.05, 4.69) is 6.92 Å². The van der Waals surface area contributed by atoms with Gasteiger partial charge in [-0.3, -0.25) is 4.90 Å². The third-order valence-electron chi connectivity index (χ3n) is 2.63. The average molecular weight is 201 g/mol. The summed E-state index contributed by atoms with van der Waals surface area (Å²) in [5.74, 6) is 0. The Morgan fingerprint density at radius 1 is 0.857 bits per heavy atom. The highest BCUT2D eigenvalue weighted by molar-refractivity contribution is 4.49. The molecule has 0 spiro atoms. The molecule has 0 atom stereocenters. The number of aliphatic hydroxyl groups is 1. The maximum Gasteiger partial charge on any atom is 0.0954 e. The van der Waals surface area contributed by atoms with Crippen LogP contribution < -0.4 is 0 Å². The predicted octanol–water partition coefficient (Wildman–Crippen LogP) is 3.01. The Balaban J connectivity index is 2.92. The van der Waals surface area contributed by atoms with Gasteiger partial charge in [-0.05, 0) is 20.0 Å². The van der Waals surface area contributed by atoms with E-state index in [1.54, 1.807) is 0 Å². The first kappa shape index (κ1) is 13.9.